The lowest BCUT2D eigenvalue weighted by atomic mass is 9.95. The highest BCUT2D eigenvalue weighted by atomic mass is 32.2. The van der Waals surface area contributed by atoms with E-state index >= 15 is 0 Å². The standard InChI is InChI=1S/C29H41N3O4S/c1-5-23-16-18-26(19-17-23)32(37(4,35)36)21-28(33)31(20-24-13-11-10-12-22(24)3)27(6-2)29(34)30-25-14-8-7-9-15-25/h10-13,16-19,25,27H,5-9,14-15,20-21H2,1-4H3,(H,30,34). The van der Waals surface area contributed by atoms with Crippen LogP contribution in [0.3, 0.4) is 0 Å². The maximum absolute atomic E-state index is 13.8. The molecule has 1 unspecified atom stereocenters. The lowest BCUT2D eigenvalue weighted by molar-refractivity contribution is -0.140. The van der Waals surface area contributed by atoms with Crippen molar-refractivity contribution >= 4 is 27.5 Å². The van der Waals surface area contributed by atoms with Gasteiger partial charge in [-0.2, -0.15) is 0 Å². The van der Waals surface area contributed by atoms with Crippen LogP contribution in [0.15, 0.2) is 48.5 Å². The minimum absolute atomic E-state index is 0.121. The maximum Gasteiger partial charge on any atom is 0.244 e. The van der Waals surface area contributed by atoms with E-state index in [0.717, 1.165) is 59.4 Å². The average Bonchev–Trinajstić information content (AvgIpc) is 2.88. The first-order valence-corrected chi connectivity index (χ1v) is 15.2. The Hall–Kier alpha value is -2.87. The second-order valence-corrected chi connectivity index (χ2v) is 11.9. The minimum Gasteiger partial charge on any atom is -0.352 e. The highest BCUT2D eigenvalue weighted by Crippen LogP contribution is 2.22. The number of hydrogen-bond acceptors (Lipinski definition) is 4. The van der Waals surface area contributed by atoms with Crippen molar-refractivity contribution in [3.8, 4) is 0 Å². The number of nitrogens with one attached hydrogen (secondary N) is 1. The molecule has 1 atom stereocenters. The van der Waals surface area contributed by atoms with Crippen LogP contribution in [0.5, 0.6) is 0 Å². The smallest absolute Gasteiger partial charge is 0.244 e. The maximum atomic E-state index is 13.8. The van der Waals surface area contributed by atoms with E-state index in [2.05, 4.69) is 5.32 Å². The summed E-state index contributed by atoms with van der Waals surface area (Å²) in [7, 11) is -3.74. The van der Waals surface area contributed by atoms with Crippen molar-refractivity contribution in [2.24, 2.45) is 0 Å². The third-order valence-electron chi connectivity index (χ3n) is 7.25. The van der Waals surface area contributed by atoms with Crippen LogP contribution in [-0.4, -0.2) is 50.0 Å². The Morgan fingerprint density at radius 2 is 1.65 bits per heavy atom. The fraction of sp³-hybridized carbons (Fsp3) is 0.517. The van der Waals surface area contributed by atoms with Gasteiger partial charge in [-0.05, 0) is 61.4 Å². The summed E-state index contributed by atoms with van der Waals surface area (Å²) in [6.45, 7) is 5.75. The van der Waals surface area contributed by atoms with E-state index in [4.69, 9.17) is 0 Å². The molecule has 0 aliphatic heterocycles. The van der Waals surface area contributed by atoms with Gasteiger partial charge in [-0.25, -0.2) is 8.42 Å². The Bertz CT molecular complexity index is 1160. The van der Waals surface area contributed by atoms with E-state index in [9.17, 15) is 18.0 Å². The van der Waals surface area contributed by atoms with E-state index < -0.39 is 22.0 Å². The summed E-state index contributed by atoms with van der Waals surface area (Å²) in [4.78, 5) is 28.9. The predicted molar refractivity (Wildman–Crippen MR) is 149 cm³/mol. The van der Waals surface area contributed by atoms with Gasteiger partial charge >= 0.3 is 0 Å². The third kappa shape index (κ3) is 7.81. The normalized spacial score (nSPS) is 15.1. The second kappa shape index (κ2) is 13.1. The van der Waals surface area contributed by atoms with E-state index in [1.54, 1.807) is 17.0 Å². The topological polar surface area (TPSA) is 86.8 Å². The van der Waals surface area contributed by atoms with E-state index in [1.807, 2.05) is 57.2 Å². The van der Waals surface area contributed by atoms with Gasteiger partial charge in [0.15, 0.2) is 0 Å². The quantitative estimate of drug-likeness (QED) is 0.463. The molecular weight excluding hydrogens is 486 g/mol. The van der Waals surface area contributed by atoms with Crippen molar-refractivity contribution in [2.45, 2.75) is 84.3 Å². The molecule has 1 aliphatic carbocycles. The first kappa shape index (κ1) is 28.7. The zero-order valence-electron chi connectivity index (χ0n) is 22.6. The first-order valence-electron chi connectivity index (χ1n) is 13.3. The van der Waals surface area contributed by atoms with Crippen LogP contribution in [0.2, 0.25) is 0 Å². The number of benzene rings is 2. The number of hydrogen-bond donors (Lipinski definition) is 1. The minimum atomic E-state index is -3.74. The van der Waals surface area contributed by atoms with E-state index in [1.165, 1.54) is 6.42 Å². The number of carbonyl (C=O) groups excluding carboxylic acids is 2. The molecule has 1 saturated carbocycles. The molecule has 8 heteroatoms. The molecule has 0 aromatic heterocycles. The number of anilines is 1. The fourth-order valence-corrected chi connectivity index (χ4v) is 5.80. The number of rotatable bonds is 11. The van der Waals surface area contributed by atoms with E-state index in [-0.39, 0.29) is 25.0 Å². The highest BCUT2D eigenvalue weighted by Gasteiger charge is 2.33. The zero-order valence-corrected chi connectivity index (χ0v) is 23.4. The van der Waals surface area contributed by atoms with Gasteiger partial charge in [-0.3, -0.25) is 13.9 Å². The molecule has 0 saturated heterocycles. The van der Waals surface area contributed by atoms with Gasteiger partial charge < -0.3 is 10.2 Å². The third-order valence-corrected chi connectivity index (χ3v) is 8.39. The molecule has 0 bridgehead atoms. The van der Waals surface area contributed by atoms with Gasteiger partial charge in [0.1, 0.15) is 12.6 Å². The Balaban J connectivity index is 1.91. The molecule has 37 heavy (non-hydrogen) atoms. The van der Waals surface area contributed by atoms with Gasteiger partial charge in [0.2, 0.25) is 21.8 Å². The van der Waals surface area contributed by atoms with Crippen molar-refractivity contribution in [1.29, 1.82) is 0 Å². The van der Waals surface area contributed by atoms with Crippen LogP contribution in [0.25, 0.3) is 0 Å². The van der Waals surface area contributed by atoms with Crippen LogP contribution in [-0.2, 0) is 32.6 Å². The summed E-state index contributed by atoms with van der Waals surface area (Å²) in [5.41, 5.74) is 3.45. The summed E-state index contributed by atoms with van der Waals surface area (Å²) in [6.07, 6.45) is 7.63. The number of nitrogens with zero attached hydrogens (tertiary/aromatic N) is 2. The van der Waals surface area contributed by atoms with Gasteiger partial charge in [0.25, 0.3) is 0 Å². The number of amides is 2. The van der Waals surface area contributed by atoms with Crippen molar-refractivity contribution in [3.63, 3.8) is 0 Å². The summed E-state index contributed by atoms with van der Waals surface area (Å²) in [5, 5.41) is 3.17. The molecule has 1 aliphatic rings. The van der Waals surface area contributed by atoms with Gasteiger partial charge in [0, 0.05) is 12.6 Å². The number of sulfonamides is 1. The van der Waals surface area contributed by atoms with Crippen LogP contribution in [0.4, 0.5) is 5.69 Å². The highest BCUT2D eigenvalue weighted by molar-refractivity contribution is 7.92. The molecule has 1 N–H and O–H groups in total. The summed E-state index contributed by atoms with van der Waals surface area (Å²) in [6, 6.07) is 14.4. The monoisotopic (exact) mass is 527 g/mol. The lowest BCUT2D eigenvalue weighted by Gasteiger charge is -2.34. The predicted octanol–water partition coefficient (Wildman–Crippen LogP) is 4.58. The van der Waals surface area contributed by atoms with Crippen LogP contribution in [0.1, 0.15) is 69.1 Å². The summed E-state index contributed by atoms with van der Waals surface area (Å²) >= 11 is 0. The number of carbonyl (C=O) groups is 2. The van der Waals surface area contributed by atoms with Crippen molar-refractivity contribution < 1.29 is 18.0 Å². The van der Waals surface area contributed by atoms with Gasteiger partial charge in [0.05, 0.1) is 11.9 Å². The van der Waals surface area contributed by atoms with Gasteiger partial charge in [-0.15, -0.1) is 0 Å². The fourth-order valence-electron chi connectivity index (χ4n) is 4.95. The molecular formula is C29H41N3O4S. The molecule has 0 radical (unpaired) electrons. The molecule has 2 amide bonds. The van der Waals surface area contributed by atoms with E-state index in [0.29, 0.717) is 12.1 Å². The SMILES string of the molecule is CCc1ccc(N(CC(=O)N(Cc2ccccc2C)C(CC)C(=O)NC2CCCCC2)S(C)(=O)=O)cc1. The second-order valence-electron chi connectivity index (χ2n) is 10.0. The molecule has 2 aromatic carbocycles. The van der Waals surface area contributed by atoms with Crippen LogP contribution in [0, 0.1) is 6.92 Å². The molecule has 7 nitrogen and oxygen atoms in total. The molecule has 0 spiro atoms. The molecule has 1 fully saturated rings. The Morgan fingerprint density at radius 3 is 2.22 bits per heavy atom. The molecule has 3 rings (SSSR count). The van der Waals surface area contributed by atoms with Crippen molar-refractivity contribution in [1.82, 2.24) is 10.2 Å². The number of aryl methyl sites for hydroxylation is 2. The lowest BCUT2D eigenvalue weighted by Crippen LogP contribution is -2.54. The Labute approximate surface area is 222 Å². The molecule has 0 heterocycles. The van der Waals surface area contributed by atoms with Gasteiger partial charge in [-0.1, -0.05) is 69.5 Å². The Morgan fingerprint density at radius 1 is 1.00 bits per heavy atom. The Kier molecular flexibility index (Phi) is 10.1. The summed E-state index contributed by atoms with van der Waals surface area (Å²) < 4.78 is 26.7. The van der Waals surface area contributed by atoms with Crippen LogP contribution < -0.4 is 9.62 Å². The summed E-state index contributed by atoms with van der Waals surface area (Å²) in [5.74, 6) is -0.576. The van der Waals surface area contributed by atoms with Crippen molar-refractivity contribution in [3.05, 3.63) is 65.2 Å². The van der Waals surface area contributed by atoms with Crippen molar-refractivity contribution in [2.75, 3.05) is 17.1 Å². The van der Waals surface area contributed by atoms with Crippen LogP contribution >= 0.6 is 0 Å². The molecule has 2 aromatic rings. The largest absolute Gasteiger partial charge is 0.352 e. The first-order chi connectivity index (χ1) is 17.6. The zero-order chi connectivity index (χ0) is 27.0. The molecule has 202 valence electrons. The average molecular weight is 528 g/mol.